The van der Waals surface area contributed by atoms with Crippen LogP contribution in [-0.4, -0.2) is 72.5 Å². The molecule has 0 N–H and O–H groups in total. The SMILES string of the molecule is CCN(C)[PH](N(C)CC)(N(C)CC)N(CC)CC. The summed E-state index contributed by atoms with van der Waals surface area (Å²) in [5.74, 6) is 0. The van der Waals surface area contributed by atoms with E-state index in [1.54, 1.807) is 0 Å². The van der Waals surface area contributed by atoms with Crippen molar-refractivity contribution in [3.63, 3.8) is 0 Å². The van der Waals surface area contributed by atoms with E-state index in [1.165, 1.54) is 0 Å². The molecule has 5 heteroatoms. The zero-order valence-electron chi connectivity index (χ0n) is 13.8. The van der Waals surface area contributed by atoms with Crippen LogP contribution in [0.1, 0.15) is 34.6 Å². The van der Waals surface area contributed by atoms with Crippen LogP contribution in [0.2, 0.25) is 0 Å². The third kappa shape index (κ3) is 3.23. The molecule has 0 aliphatic rings. The fourth-order valence-electron chi connectivity index (χ4n) is 2.88. The molecule has 0 aromatic heterocycles. The van der Waals surface area contributed by atoms with E-state index in [1.807, 2.05) is 0 Å². The zero-order chi connectivity index (χ0) is 14.3. The molecule has 0 fully saturated rings. The first-order valence-electron chi connectivity index (χ1n) is 7.35. The van der Waals surface area contributed by atoms with Crippen molar-refractivity contribution in [1.29, 1.82) is 0 Å². The Balaban J connectivity index is 5.67. The summed E-state index contributed by atoms with van der Waals surface area (Å²) in [6.45, 7) is 16.9. The van der Waals surface area contributed by atoms with E-state index in [9.17, 15) is 0 Å². The third-order valence-electron chi connectivity index (χ3n) is 4.15. The molecule has 0 spiro atoms. The maximum absolute atomic E-state index is 2.67. The van der Waals surface area contributed by atoms with Crippen molar-refractivity contribution < 1.29 is 0 Å². The van der Waals surface area contributed by atoms with E-state index in [-0.39, 0.29) is 0 Å². The normalized spacial score (nSPS) is 14.2. The summed E-state index contributed by atoms with van der Waals surface area (Å²) in [6, 6.07) is 0. The molecule has 0 amide bonds. The Labute approximate surface area is 115 Å². The number of nitrogens with zero attached hydrogens (tertiary/aromatic N) is 4. The Morgan fingerprint density at radius 2 is 0.833 bits per heavy atom. The minimum absolute atomic E-state index is 1.09. The van der Waals surface area contributed by atoms with Gasteiger partial charge in [-0.1, -0.05) is 0 Å². The molecular formula is C13H35N4P. The van der Waals surface area contributed by atoms with Gasteiger partial charge in [-0.25, -0.2) is 0 Å². The summed E-state index contributed by atoms with van der Waals surface area (Å²) in [5.41, 5.74) is 0. The summed E-state index contributed by atoms with van der Waals surface area (Å²) in [4.78, 5) is 0. The van der Waals surface area contributed by atoms with E-state index in [2.05, 4.69) is 74.4 Å². The Hall–Kier alpha value is 0.270. The topological polar surface area (TPSA) is 13.0 Å². The molecule has 4 nitrogen and oxygen atoms in total. The molecule has 112 valence electrons. The van der Waals surface area contributed by atoms with Crippen molar-refractivity contribution in [3.05, 3.63) is 0 Å². The molecule has 0 radical (unpaired) electrons. The number of rotatable bonds is 9. The minimum atomic E-state index is -1.90. The monoisotopic (exact) mass is 278 g/mol. The molecule has 0 aliphatic heterocycles. The van der Waals surface area contributed by atoms with Gasteiger partial charge < -0.3 is 0 Å². The van der Waals surface area contributed by atoms with Crippen molar-refractivity contribution in [2.45, 2.75) is 34.6 Å². The summed E-state index contributed by atoms with van der Waals surface area (Å²) in [7, 11) is 4.94. The van der Waals surface area contributed by atoms with Crippen LogP contribution in [0, 0.1) is 0 Å². The molecular weight excluding hydrogens is 243 g/mol. The van der Waals surface area contributed by atoms with Gasteiger partial charge in [0.1, 0.15) is 0 Å². The summed E-state index contributed by atoms with van der Waals surface area (Å²) in [6.07, 6.45) is 0. The van der Waals surface area contributed by atoms with E-state index in [0.717, 1.165) is 32.7 Å². The average Bonchev–Trinajstić information content (AvgIpc) is 2.41. The molecule has 0 atom stereocenters. The van der Waals surface area contributed by atoms with Gasteiger partial charge in [0.05, 0.1) is 0 Å². The standard InChI is InChI=1S/C13H35N4P/c1-9-14(6)18(15(7)10-2,16(8)11-3)17(12-4)13-5/h18H,9-13H2,1-8H3. The van der Waals surface area contributed by atoms with Gasteiger partial charge in [0.15, 0.2) is 0 Å². The molecule has 18 heavy (non-hydrogen) atoms. The van der Waals surface area contributed by atoms with E-state index in [0.29, 0.717) is 0 Å². The quantitative estimate of drug-likeness (QED) is 0.601. The van der Waals surface area contributed by atoms with Crippen molar-refractivity contribution in [3.8, 4) is 0 Å². The average molecular weight is 278 g/mol. The summed E-state index contributed by atoms with van der Waals surface area (Å²) < 4.78 is 10.4. The molecule has 0 saturated carbocycles. The summed E-state index contributed by atoms with van der Waals surface area (Å²) in [5, 5.41) is 0. The van der Waals surface area contributed by atoms with Gasteiger partial charge >= 0.3 is 115 Å². The predicted octanol–water partition coefficient (Wildman–Crippen LogP) is 2.59. The van der Waals surface area contributed by atoms with Gasteiger partial charge in [0.25, 0.3) is 0 Å². The summed E-state index contributed by atoms with van der Waals surface area (Å²) >= 11 is 0. The van der Waals surface area contributed by atoms with Crippen LogP contribution in [0.25, 0.3) is 0 Å². The van der Waals surface area contributed by atoms with E-state index >= 15 is 0 Å². The molecule has 0 aromatic rings. The Morgan fingerprint density at radius 1 is 0.556 bits per heavy atom. The third-order valence-corrected chi connectivity index (χ3v) is 9.65. The molecule has 0 unspecified atom stereocenters. The van der Waals surface area contributed by atoms with Crippen LogP contribution < -0.4 is 0 Å². The van der Waals surface area contributed by atoms with Crippen LogP contribution in [-0.2, 0) is 0 Å². The van der Waals surface area contributed by atoms with Gasteiger partial charge in [0.2, 0.25) is 0 Å². The second-order valence-corrected chi connectivity index (χ2v) is 8.94. The number of hydrogen-bond acceptors (Lipinski definition) is 4. The fraction of sp³-hybridized carbons (Fsp3) is 1.00. The first-order valence-corrected chi connectivity index (χ1v) is 9.14. The van der Waals surface area contributed by atoms with E-state index < -0.39 is 7.87 Å². The zero-order valence-corrected chi connectivity index (χ0v) is 14.8. The Morgan fingerprint density at radius 3 is 1.00 bits per heavy atom. The molecule has 0 aromatic carbocycles. The van der Waals surface area contributed by atoms with Gasteiger partial charge in [-0.05, 0) is 0 Å². The van der Waals surface area contributed by atoms with Crippen LogP contribution >= 0.6 is 7.87 Å². The molecule has 0 saturated heterocycles. The van der Waals surface area contributed by atoms with Crippen molar-refractivity contribution in [1.82, 2.24) is 18.7 Å². The van der Waals surface area contributed by atoms with Crippen molar-refractivity contribution >= 4 is 7.87 Å². The first kappa shape index (κ1) is 18.3. The Kier molecular flexibility index (Phi) is 8.57. The van der Waals surface area contributed by atoms with Gasteiger partial charge in [-0.3, -0.25) is 0 Å². The second-order valence-electron chi connectivity index (χ2n) is 4.81. The van der Waals surface area contributed by atoms with Crippen molar-refractivity contribution in [2.24, 2.45) is 0 Å². The van der Waals surface area contributed by atoms with E-state index in [4.69, 9.17) is 0 Å². The first-order chi connectivity index (χ1) is 8.46. The van der Waals surface area contributed by atoms with Gasteiger partial charge in [-0.2, -0.15) is 0 Å². The van der Waals surface area contributed by atoms with Crippen LogP contribution in [0.5, 0.6) is 0 Å². The predicted molar refractivity (Wildman–Crippen MR) is 86.1 cm³/mol. The van der Waals surface area contributed by atoms with Crippen LogP contribution in [0.4, 0.5) is 0 Å². The second kappa shape index (κ2) is 8.44. The van der Waals surface area contributed by atoms with Gasteiger partial charge in [-0.15, -0.1) is 0 Å². The number of hydrogen-bond donors (Lipinski definition) is 0. The Bertz CT molecular complexity index is 195. The van der Waals surface area contributed by atoms with Crippen molar-refractivity contribution in [2.75, 3.05) is 53.9 Å². The maximum atomic E-state index is 2.67. The van der Waals surface area contributed by atoms with Crippen LogP contribution in [0.15, 0.2) is 0 Å². The molecule has 0 bridgehead atoms. The molecule has 0 aliphatic carbocycles. The fourth-order valence-corrected chi connectivity index (χ4v) is 8.20. The van der Waals surface area contributed by atoms with Gasteiger partial charge in [0, 0.05) is 0 Å². The molecule has 0 heterocycles. The van der Waals surface area contributed by atoms with Crippen LogP contribution in [0.3, 0.4) is 0 Å². The molecule has 0 rings (SSSR count).